The summed E-state index contributed by atoms with van der Waals surface area (Å²) in [5, 5.41) is 9.89. The van der Waals surface area contributed by atoms with Crippen molar-refractivity contribution in [2.45, 2.75) is 26.3 Å². The highest BCUT2D eigenvalue weighted by Gasteiger charge is 2.14. The summed E-state index contributed by atoms with van der Waals surface area (Å²) in [6.07, 6.45) is 0.753. The highest BCUT2D eigenvalue weighted by atomic mass is 35.5. The summed E-state index contributed by atoms with van der Waals surface area (Å²) in [4.78, 5) is 23.9. The van der Waals surface area contributed by atoms with Gasteiger partial charge in [0.05, 0.1) is 17.5 Å². The number of hydrogen-bond donors (Lipinski definition) is 2. The summed E-state index contributed by atoms with van der Waals surface area (Å²) >= 11 is 7.23. The summed E-state index contributed by atoms with van der Waals surface area (Å²) < 4.78 is 4.87. The molecule has 2 aromatic rings. The van der Waals surface area contributed by atoms with Gasteiger partial charge in [0, 0.05) is 11.1 Å². The van der Waals surface area contributed by atoms with Crippen molar-refractivity contribution >= 4 is 41.0 Å². The van der Waals surface area contributed by atoms with Crippen molar-refractivity contribution in [2.24, 2.45) is 0 Å². The van der Waals surface area contributed by atoms with E-state index in [0.29, 0.717) is 16.6 Å². The Morgan fingerprint density at radius 3 is 2.68 bits per heavy atom. The van der Waals surface area contributed by atoms with Crippen LogP contribution in [0.25, 0.3) is 0 Å². The van der Waals surface area contributed by atoms with Gasteiger partial charge in [-0.1, -0.05) is 35.8 Å². The molecule has 0 aliphatic rings. The topological polar surface area (TPSA) is 84.2 Å². The van der Waals surface area contributed by atoms with E-state index in [0.717, 1.165) is 12.0 Å². The first-order valence-electron chi connectivity index (χ1n) is 7.83. The molecule has 6 nitrogen and oxygen atoms in total. The molecule has 0 saturated heterocycles. The van der Waals surface area contributed by atoms with Gasteiger partial charge in [-0.05, 0) is 31.0 Å². The van der Waals surface area contributed by atoms with E-state index in [-0.39, 0.29) is 29.4 Å². The molecule has 1 unspecified atom stereocenters. The Bertz CT molecular complexity index is 735. The van der Waals surface area contributed by atoms with Gasteiger partial charge < -0.3 is 15.2 Å². The molecular weight excluding hydrogens is 362 g/mol. The largest absolute Gasteiger partial charge is 0.360 e. The van der Waals surface area contributed by atoms with Crippen LogP contribution in [0.3, 0.4) is 0 Å². The Balaban J connectivity index is 1.74. The van der Waals surface area contributed by atoms with Gasteiger partial charge in [0.1, 0.15) is 5.76 Å². The van der Waals surface area contributed by atoms with Crippen LogP contribution in [0.2, 0.25) is 5.02 Å². The quantitative estimate of drug-likeness (QED) is 0.730. The van der Waals surface area contributed by atoms with E-state index in [1.54, 1.807) is 19.1 Å². The van der Waals surface area contributed by atoms with Crippen LogP contribution in [-0.4, -0.2) is 28.5 Å². The number of nitrogens with zero attached hydrogens (tertiary/aromatic N) is 1. The summed E-state index contributed by atoms with van der Waals surface area (Å²) in [6, 6.07) is 8.96. The van der Waals surface area contributed by atoms with Crippen LogP contribution >= 0.6 is 23.4 Å². The maximum atomic E-state index is 12.1. The fourth-order valence-corrected chi connectivity index (χ4v) is 3.05. The minimum atomic E-state index is -0.229. The molecule has 0 spiro atoms. The molecule has 0 fully saturated rings. The molecule has 2 amide bonds. The van der Waals surface area contributed by atoms with Gasteiger partial charge in [0.2, 0.25) is 11.8 Å². The second-order valence-electron chi connectivity index (χ2n) is 5.45. The van der Waals surface area contributed by atoms with E-state index in [1.165, 1.54) is 11.8 Å². The minimum absolute atomic E-state index is 0.0984. The van der Waals surface area contributed by atoms with E-state index in [1.807, 2.05) is 25.1 Å². The first-order valence-corrected chi connectivity index (χ1v) is 9.37. The Kier molecular flexibility index (Phi) is 7.33. The molecule has 2 rings (SSSR count). The van der Waals surface area contributed by atoms with Crippen LogP contribution < -0.4 is 10.6 Å². The monoisotopic (exact) mass is 381 g/mol. The number of nitrogens with one attached hydrogen (secondary N) is 2. The molecule has 134 valence electrons. The number of amides is 2. The molecule has 0 bridgehead atoms. The van der Waals surface area contributed by atoms with E-state index in [9.17, 15) is 9.59 Å². The van der Waals surface area contributed by atoms with Crippen molar-refractivity contribution in [2.75, 3.05) is 16.8 Å². The molecule has 25 heavy (non-hydrogen) atoms. The maximum absolute atomic E-state index is 12.1. The lowest BCUT2D eigenvalue weighted by molar-refractivity contribution is -0.119. The molecule has 1 heterocycles. The van der Waals surface area contributed by atoms with Gasteiger partial charge in [-0.15, -0.1) is 11.8 Å². The molecule has 0 radical (unpaired) electrons. The van der Waals surface area contributed by atoms with E-state index >= 15 is 0 Å². The van der Waals surface area contributed by atoms with Crippen LogP contribution in [0, 0.1) is 6.92 Å². The number of anilines is 1. The van der Waals surface area contributed by atoms with Gasteiger partial charge in [0.25, 0.3) is 0 Å². The van der Waals surface area contributed by atoms with Gasteiger partial charge in [-0.25, -0.2) is 0 Å². The van der Waals surface area contributed by atoms with Crippen molar-refractivity contribution < 1.29 is 14.1 Å². The Morgan fingerprint density at radius 1 is 1.28 bits per heavy atom. The number of carbonyl (C=O) groups excluding carboxylic acids is 2. The van der Waals surface area contributed by atoms with Crippen molar-refractivity contribution in [3.63, 3.8) is 0 Å². The number of halogens is 1. The molecule has 1 aromatic carbocycles. The number of aromatic nitrogens is 1. The van der Waals surface area contributed by atoms with Crippen LogP contribution in [0.15, 0.2) is 34.9 Å². The Morgan fingerprint density at radius 2 is 2.04 bits per heavy atom. The average Bonchev–Trinajstić information content (AvgIpc) is 2.97. The smallest absolute Gasteiger partial charge is 0.235 e. The third kappa shape index (κ3) is 6.43. The Hall–Kier alpha value is -1.99. The lowest BCUT2D eigenvalue weighted by Gasteiger charge is -2.17. The van der Waals surface area contributed by atoms with Crippen LogP contribution in [0.1, 0.15) is 30.7 Å². The fraction of sp³-hybridized carbons (Fsp3) is 0.353. The molecule has 2 N–H and O–H groups in total. The standard InChI is InChI=1S/C17H20ClN3O3S/c1-3-14(12-5-4-6-13(18)8-12)19-16(22)9-25-10-17(23)20-15-7-11(2)24-21-15/h4-8,14H,3,9-10H2,1-2H3,(H,19,22)(H,20,21,23). The fourth-order valence-electron chi connectivity index (χ4n) is 2.22. The predicted molar refractivity (Wildman–Crippen MR) is 99.8 cm³/mol. The van der Waals surface area contributed by atoms with E-state index in [4.69, 9.17) is 16.1 Å². The molecule has 0 aliphatic heterocycles. The van der Waals surface area contributed by atoms with E-state index in [2.05, 4.69) is 15.8 Å². The Labute approximate surface area is 155 Å². The number of hydrogen-bond acceptors (Lipinski definition) is 5. The van der Waals surface area contributed by atoms with Gasteiger partial charge in [-0.2, -0.15) is 0 Å². The highest BCUT2D eigenvalue weighted by molar-refractivity contribution is 8.00. The first-order chi connectivity index (χ1) is 12.0. The van der Waals surface area contributed by atoms with Crippen LogP contribution in [-0.2, 0) is 9.59 Å². The molecule has 8 heteroatoms. The zero-order valence-electron chi connectivity index (χ0n) is 14.0. The molecular formula is C17H20ClN3O3S. The SMILES string of the molecule is CCC(NC(=O)CSCC(=O)Nc1cc(C)on1)c1cccc(Cl)c1. The third-order valence-corrected chi connectivity index (χ3v) is 4.52. The van der Waals surface area contributed by atoms with Crippen LogP contribution in [0.4, 0.5) is 5.82 Å². The molecule has 0 saturated carbocycles. The van der Waals surface area contributed by atoms with Gasteiger partial charge >= 0.3 is 0 Å². The van der Waals surface area contributed by atoms with Gasteiger partial charge in [0.15, 0.2) is 5.82 Å². The van der Waals surface area contributed by atoms with Crippen LogP contribution in [0.5, 0.6) is 0 Å². The maximum Gasteiger partial charge on any atom is 0.235 e. The third-order valence-electron chi connectivity index (χ3n) is 3.36. The zero-order valence-corrected chi connectivity index (χ0v) is 15.6. The normalized spacial score (nSPS) is 11.8. The molecule has 1 aromatic heterocycles. The minimum Gasteiger partial charge on any atom is -0.360 e. The lowest BCUT2D eigenvalue weighted by Crippen LogP contribution is -2.30. The van der Waals surface area contributed by atoms with Crippen molar-refractivity contribution in [3.05, 3.63) is 46.7 Å². The van der Waals surface area contributed by atoms with Crippen molar-refractivity contribution in [3.8, 4) is 0 Å². The number of rotatable bonds is 8. The van der Waals surface area contributed by atoms with Crippen molar-refractivity contribution in [1.29, 1.82) is 0 Å². The number of aryl methyl sites for hydroxylation is 1. The summed E-state index contributed by atoms with van der Waals surface area (Å²) in [7, 11) is 0. The second-order valence-corrected chi connectivity index (χ2v) is 6.87. The lowest BCUT2D eigenvalue weighted by atomic mass is 10.0. The highest BCUT2D eigenvalue weighted by Crippen LogP contribution is 2.20. The second kappa shape index (κ2) is 9.48. The number of benzene rings is 1. The van der Waals surface area contributed by atoms with Crippen molar-refractivity contribution in [1.82, 2.24) is 10.5 Å². The first kappa shape index (κ1) is 19.3. The molecule has 0 aliphatic carbocycles. The van der Waals surface area contributed by atoms with Gasteiger partial charge in [-0.3, -0.25) is 9.59 Å². The molecule has 1 atom stereocenters. The average molecular weight is 382 g/mol. The number of thioether (sulfide) groups is 1. The summed E-state index contributed by atoms with van der Waals surface area (Å²) in [5.41, 5.74) is 0.965. The zero-order chi connectivity index (χ0) is 18.2. The predicted octanol–water partition coefficient (Wildman–Crippen LogP) is 3.58. The van der Waals surface area contributed by atoms with E-state index < -0.39 is 0 Å². The summed E-state index contributed by atoms with van der Waals surface area (Å²) in [5.74, 6) is 0.999. The number of carbonyl (C=O) groups is 2. The summed E-state index contributed by atoms with van der Waals surface area (Å²) in [6.45, 7) is 3.73.